The van der Waals surface area contributed by atoms with Crippen molar-refractivity contribution in [2.24, 2.45) is 0 Å². The van der Waals surface area contributed by atoms with E-state index in [0.717, 1.165) is 141 Å². The smallest absolute Gasteiger partial charge is 0.306 e. The van der Waals surface area contributed by atoms with Crippen LogP contribution in [0.25, 0.3) is 0 Å². The summed E-state index contributed by atoms with van der Waals surface area (Å²) in [4.78, 5) is 37.6. The normalized spacial score (nSPS) is 13.7. The maximum Gasteiger partial charge on any atom is 0.306 e. The van der Waals surface area contributed by atoms with Gasteiger partial charge < -0.3 is 33.3 Å². The van der Waals surface area contributed by atoms with Gasteiger partial charge in [0.15, 0.2) is 12.4 Å². The van der Waals surface area contributed by atoms with Crippen LogP contribution in [0, 0.1) is 0 Å². The van der Waals surface area contributed by atoms with Crippen molar-refractivity contribution >= 4 is 17.9 Å². The van der Waals surface area contributed by atoms with Crippen molar-refractivity contribution in [2.45, 2.75) is 309 Å². The summed E-state index contributed by atoms with van der Waals surface area (Å²) in [7, 11) is 5.92. The lowest BCUT2D eigenvalue weighted by molar-refractivity contribution is -0.870. The summed E-state index contributed by atoms with van der Waals surface area (Å²) < 4.78 is 22.8. The zero-order valence-corrected chi connectivity index (χ0v) is 62.6. The zero-order chi connectivity index (χ0) is 70.4. The molecule has 0 N–H and O–H groups in total. The van der Waals surface area contributed by atoms with E-state index in [2.05, 4.69) is 196 Å². The van der Waals surface area contributed by atoms with Gasteiger partial charge in [0.1, 0.15) is 13.2 Å². The molecule has 0 aromatic carbocycles. The van der Waals surface area contributed by atoms with Crippen LogP contribution in [0.4, 0.5) is 0 Å². The van der Waals surface area contributed by atoms with Crippen LogP contribution in [-0.2, 0) is 33.3 Å². The number of hydrogen-bond donors (Lipinski definition) is 0. The average Bonchev–Trinajstić information content (AvgIpc) is 2.39. The van der Waals surface area contributed by atoms with Gasteiger partial charge >= 0.3 is 11.9 Å². The lowest BCUT2D eigenvalue weighted by atomic mass is 10.0. The summed E-state index contributed by atoms with van der Waals surface area (Å²) in [5.74, 6) is -2.30. The number of nitrogens with zero attached hydrogens (tertiary/aromatic N) is 1. The number of aliphatic carboxylic acids is 1. The van der Waals surface area contributed by atoms with Crippen LogP contribution in [0.3, 0.4) is 0 Å². The van der Waals surface area contributed by atoms with E-state index in [1.165, 1.54) is 122 Å². The van der Waals surface area contributed by atoms with Crippen molar-refractivity contribution < 1.29 is 42.9 Å². The Balaban J connectivity index is 4.13. The number of hydrogen-bond acceptors (Lipinski definition) is 8. The Hall–Kier alpha value is -5.61. The molecule has 0 aromatic heterocycles. The van der Waals surface area contributed by atoms with E-state index < -0.39 is 24.3 Å². The Morgan fingerprint density at radius 1 is 0.309 bits per heavy atom. The average molecular weight is 1340 g/mol. The molecule has 2 atom stereocenters. The van der Waals surface area contributed by atoms with Gasteiger partial charge in [-0.05, 0) is 135 Å². The first-order valence-electron chi connectivity index (χ1n) is 38.9. The predicted molar refractivity (Wildman–Crippen MR) is 416 cm³/mol. The topological polar surface area (TPSA) is 111 Å². The van der Waals surface area contributed by atoms with Crippen molar-refractivity contribution in [3.63, 3.8) is 0 Å². The summed E-state index contributed by atoms with van der Waals surface area (Å²) in [5, 5.41) is 11.9. The van der Waals surface area contributed by atoms with Gasteiger partial charge in [0.2, 0.25) is 0 Å². The summed E-state index contributed by atoms with van der Waals surface area (Å²) in [6.07, 6.45) is 113. The fraction of sp³-hybridized carbons (Fsp3) is 0.625. The van der Waals surface area contributed by atoms with Gasteiger partial charge in [-0.2, -0.15) is 0 Å². The van der Waals surface area contributed by atoms with Gasteiger partial charge in [-0.15, -0.1) is 0 Å². The summed E-state index contributed by atoms with van der Waals surface area (Å²) in [6, 6.07) is 0. The van der Waals surface area contributed by atoms with Gasteiger partial charge in [-0.1, -0.05) is 331 Å². The van der Waals surface area contributed by atoms with E-state index >= 15 is 0 Å². The van der Waals surface area contributed by atoms with Crippen LogP contribution >= 0.6 is 0 Å². The molecule has 0 bridgehead atoms. The van der Waals surface area contributed by atoms with Gasteiger partial charge in [-0.25, -0.2) is 0 Å². The molecule has 548 valence electrons. The number of allylic oxidation sites excluding steroid dienone is 30. The molecule has 0 fully saturated rings. The molecule has 9 nitrogen and oxygen atoms in total. The fourth-order valence-corrected chi connectivity index (χ4v) is 10.3. The maximum absolute atomic E-state index is 13.0. The predicted octanol–water partition coefficient (Wildman–Crippen LogP) is 23.8. The number of esters is 2. The van der Waals surface area contributed by atoms with Crippen LogP contribution in [0.5, 0.6) is 0 Å². The maximum atomic E-state index is 13.0. The minimum absolute atomic E-state index is 0.138. The monoisotopic (exact) mass is 1340 g/mol. The quantitative estimate of drug-likeness (QED) is 0.0195. The number of ether oxygens (including phenoxy) is 4. The Bertz CT molecular complexity index is 2260. The summed E-state index contributed by atoms with van der Waals surface area (Å²) in [6.45, 7) is 4.51. The molecule has 0 aliphatic heterocycles. The second-order valence-electron chi connectivity index (χ2n) is 26.5. The molecule has 9 heteroatoms. The van der Waals surface area contributed by atoms with Crippen LogP contribution in [-0.4, -0.2) is 82.3 Å². The van der Waals surface area contributed by atoms with Crippen LogP contribution < -0.4 is 5.11 Å². The van der Waals surface area contributed by atoms with Crippen molar-refractivity contribution in [1.82, 2.24) is 0 Å². The van der Waals surface area contributed by atoms with Crippen molar-refractivity contribution in [1.29, 1.82) is 0 Å². The van der Waals surface area contributed by atoms with Crippen LogP contribution in [0.2, 0.25) is 0 Å². The van der Waals surface area contributed by atoms with Crippen LogP contribution in [0.15, 0.2) is 182 Å². The van der Waals surface area contributed by atoms with Crippen molar-refractivity contribution in [3.05, 3.63) is 182 Å². The molecule has 0 aromatic rings. The minimum Gasteiger partial charge on any atom is -0.545 e. The molecule has 2 unspecified atom stereocenters. The lowest BCUT2D eigenvalue weighted by Gasteiger charge is -2.26. The SMILES string of the molecule is CC/C=C\C/C=C\C/C=C\C/C=C\C/C=C\C/C=C\C/C=C\C/C=C\C/C=C\C/C=C\CCCCCCCCCCC(=O)OC(COC(=O)CCCCCCCCCCCCCCCCCCC/C=C\C/C=C\C/C=C\C/C=C\C/C=C\CC)COC(OCC[N+](C)(C)C)C(=O)[O-]. The van der Waals surface area contributed by atoms with Crippen LogP contribution in [0.1, 0.15) is 296 Å². The second kappa shape index (κ2) is 76.1. The van der Waals surface area contributed by atoms with E-state index in [0.29, 0.717) is 17.4 Å². The second-order valence-corrected chi connectivity index (χ2v) is 26.5. The highest BCUT2D eigenvalue weighted by atomic mass is 16.7. The Kier molecular flexibility index (Phi) is 71.7. The molecule has 0 saturated heterocycles. The molecular weight excluding hydrogens is 1200 g/mol. The minimum atomic E-state index is -1.64. The number of carboxylic acids is 1. The van der Waals surface area contributed by atoms with Gasteiger partial charge in [0.25, 0.3) is 0 Å². The highest BCUT2D eigenvalue weighted by Crippen LogP contribution is 2.17. The van der Waals surface area contributed by atoms with Crippen molar-refractivity contribution in [2.75, 3.05) is 47.5 Å². The molecular formula is C88H143NO8. The molecule has 97 heavy (non-hydrogen) atoms. The third-order valence-electron chi connectivity index (χ3n) is 16.1. The number of carboxylic acid groups (broad SMARTS) is 1. The van der Waals surface area contributed by atoms with E-state index in [9.17, 15) is 19.5 Å². The lowest BCUT2D eigenvalue weighted by Crippen LogP contribution is -2.44. The molecule has 0 heterocycles. The first-order chi connectivity index (χ1) is 47.6. The first-order valence-corrected chi connectivity index (χ1v) is 38.9. The van der Waals surface area contributed by atoms with Gasteiger partial charge in [0.05, 0.1) is 40.3 Å². The van der Waals surface area contributed by atoms with E-state index in [1.807, 2.05) is 21.1 Å². The molecule has 0 aliphatic carbocycles. The third-order valence-corrected chi connectivity index (χ3v) is 16.1. The number of unbranched alkanes of at least 4 members (excludes halogenated alkanes) is 25. The molecule has 0 radical (unpaired) electrons. The Morgan fingerprint density at radius 2 is 0.557 bits per heavy atom. The van der Waals surface area contributed by atoms with Crippen molar-refractivity contribution in [3.8, 4) is 0 Å². The Labute approximate surface area is 596 Å². The molecule has 0 rings (SSSR count). The summed E-state index contributed by atoms with van der Waals surface area (Å²) in [5.41, 5.74) is 0. The molecule has 0 spiro atoms. The number of rotatable bonds is 70. The molecule has 0 amide bonds. The Morgan fingerprint density at radius 3 is 0.825 bits per heavy atom. The van der Waals surface area contributed by atoms with Gasteiger partial charge in [-0.3, -0.25) is 9.59 Å². The highest BCUT2D eigenvalue weighted by molar-refractivity contribution is 5.70. The van der Waals surface area contributed by atoms with E-state index in [4.69, 9.17) is 18.9 Å². The molecule has 0 aliphatic rings. The first kappa shape index (κ1) is 91.4. The summed E-state index contributed by atoms with van der Waals surface area (Å²) >= 11 is 0. The van der Waals surface area contributed by atoms with E-state index in [-0.39, 0.29) is 38.6 Å². The number of carbonyl (C=O) groups excluding carboxylic acids is 3. The number of quaternary nitrogens is 1. The number of carbonyl (C=O) groups is 3. The largest absolute Gasteiger partial charge is 0.545 e. The molecule has 0 saturated carbocycles. The van der Waals surface area contributed by atoms with E-state index in [1.54, 1.807) is 0 Å². The third kappa shape index (κ3) is 77.6. The zero-order valence-electron chi connectivity index (χ0n) is 62.6. The van der Waals surface area contributed by atoms with Gasteiger partial charge in [0, 0.05) is 12.8 Å². The highest BCUT2D eigenvalue weighted by Gasteiger charge is 2.22. The number of likely N-dealkylation sites (N-methyl/N-ethyl adjacent to an activating group) is 1. The standard InChI is InChI=1S/C88H143NO8/c1-6-8-10-12-14-16-18-20-22-24-26-28-30-32-34-36-38-40-41-42-43-44-45-47-49-51-53-55-57-59-61-63-65-67-69-71-73-75-77-79-86(91)97-84(83-96-88(87(92)93)94-81-80-89(3,4)5)82-95-85(90)78-76-74-72-70-68-66-64-62-60-58-56-54-52-50-48-46-39-37-35-33-31-29-27-25-23-21-19-17-15-13-11-9-7-2/h8-11,14-17,20-23,26-29,32-35,38,40,42-43,45,47,51,53,57,59,84,88H,6-7,12-13,18-19,24-25,30-31,36-37,39,41,44,46,48-50,52,54-56,58,60-83H2,1-5H3/b10-8-,11-9-,16-14-,17-15-,22-20-,23-21-,28-26-,29-27-,34-32-,35-33-,40-38-,43-42-,47-45-,53-51-,59-57-. The fourth-order valence-electron chi connectivity index (χ4n) is 10.3.